The van der Waals surface area contributed by atoms with E-state index in [-0.39, 0.29) is 38.0 Å². The van der Waals surface area contributed by atoms with Crippen LogP contribution in [0.4, 0.5) is 0 Å². The second kappa shape index (κ2) is 14.8. The molecule has 2 unspecified atom stereocenters. The van der Waals surface area contributed by atoms with Gasteiger partial charge in [-0.15, -0.1) is 0 Å². The number of para-hydroxylation sites is 3. The first kappa shape index (κ1) is 39.1. The summed E-state index contributed by atoms with van der Waals surface area (Å²) in [5.74, 6) is -0.565. The summed E-state index contributed by atoms with van der Waals surface area (Å²) in [7, 11) is 0. The molecule has 0 radical (unpaired) electrons. The van der Waals surface area contributed by atoms with Gasteiger partial charge in [0.05, 0.1) is 59.7 Å². The normalized spacial score (nSPS) is 19.6. The van der Waals surface area contributed by atoms with Crippen molar-refractivity contribution in [2.75, 3.05) is 13.2 Å². The first-order valence-corrected chi connectivity index (χ1v) is 22.7. The quantitative estimate of drug-likeness (QED) is 0.127. The van der Waals surface area contributed by atoms with Crippen LogP contribution >= 0.6 is 0 Å². The fraction of sp³-hybridized carbons (Fsp3) is 0.190. The largest absolute Gasteiger partial charge is 0.466 e. The number of esters is 2. The van der Waals surface area contributed by atoms with Crippen LogP contribution in [0.2, 0.25) is 0 Å². The molecule has 0 spiro atoms. The van der Waals surface area contributed by atoms with Gasteiger partial charge in [0.25, 0.3) is 0 Å². The van der Waals surface area contributed by atoms with Gasteiger partial charge in [0.2, 0.25) is 0 Å². The van der Waals surface area contributed by atoms with Crippen LogP contribution in [0.5, 0.6) is 0 Å². The van der Waals surface area contributed by atoms with Crippen LogP contribution < -0.4 is 0 Å². The maximum absolute atomic E-state index is 14.6. The van der Waals surface area contributed by atoms with E-state index in [9.17, 15) is 9.59 Å². The van der Waals surface area contributed by atoms with E-state index in [1.807, 2.05) is 44.2 Å². The lowest BCUT2D eigenvalue weighted by Crippen LogP contribution is -2.45. The summed E-state index contributed by atoms with van der Waals surface area (Å²) in [5, 5.41) is 3.01. The average molecular weight is 848 g/mol. The topological polar surface area (TPSA) is 91.3 Å². The van der Waals surface area contributed by atoms with Crippen molar-refractivity contribution < 1.29 is 19.1 Å². The summed E-state index contributed by atoms with van der Waals surface area (Å²) in [6, 6.07) is 57.1. The van der Waals surface area contributed by atoms with Gasteiger partial charge in [-0.05, 0) is 96.5 Å². The Kier molecular flexibility index (Phi) is 8.89. The molecule has 6 aromatic carbocycles. The third kappa shape index (κ3) is 5.77. The standard InChI is InChI=1S/C58H45N3O4/c1-3-64-51(62)32-56(42-23-11-8-20-39(42)53-45(56)29-36-17-5-14-26-48(36)59-53)34-58(44-25-13-10-22-41(44)55-47(58)31-38-19-7-16-28-50(38)61-55)35-57(33-52(63)65-4-2)43-24-12-9-21-40(43)54-46(57)30-37-18-6-15-27-49(37)60-54/h5-31H,3-4,32-35H2,1-2H3/t56-,57?,58?/m1/s1. The molecule has 3 aromatic heterocycles. The molecule has 0 amide bonds. The summed E-state index contributed by atoms with van der Waals surface area (Å²) >= 11 is 0. The maximum Gasteiger partial charge on any atom is 0.307 e. The highest BCUT2D eigenvalue weighted by Gasteiger charge is 2.59. The Balaban J connectivity index is 1.22. The molecule has 3 atom stereocenters. The molecule has 9 aromatic rings. The van der Waals surface area contributed by atoms with Crippen LogP contribution in [0.15, 0.2) is 164 Å². The van der Waals surface area contributed by atoms with Crippen molar-refractivity contribution >= 4 is 44.6 Å². The molecule has 0 bridgehead atoms. The Labute approximate surface area is 377 Å². The molecule has 7 nitrogen and oxygen atoms in total. The number of aromatic nitrogens is 3. The van der Waals surface area contributed by atoms with Gasteiger partial charge in [0.1, 0.15) is 0 Å². The second-order valence-electron chi connectivity index (χ2n) is 17.9. The highest BCUT2D eigenvalue weighted by atomic mass is 16.5. The molecule has 0 fully saturated rings. The minimum atomic E-state index is -0.941. The Bertz CT molecular complexity index is 3290. The van der Waals surface area contributed by atoms with Crippen LogP contribution in [0.3, 0.4) is 0 Å². The lowest BCUT2D eigenvalue weighted by Gasteiger charge is -2.46. The van der Waals surface area contributed by atoms with Crippen LogP contribution in [-0.2, 0) is 35.3 Å². The van der Waals surface area contributed by atoms with E-state index in [2.05, 4.69) is 133 Å². The highest BCUT2D eigenvalue weighted by Crippen LogP contribution is 2.66. The molecule has 316 valence electrons. The van der Waals surface area contributed by atoms with Crippen molar-refractivity contribution in [3.8, 4) is 33.8 Å². The van der Waals surface area contributed by atoms with Gasteiger partial charge < -0.3 is 9.47 Å². The fourth-order valence-corrected chi connectivity index (χ4v) is 12.1. The van der Waals surface area contributed by atoms with Crippen molar-refractivity contribution in [2.24, 2.45) is 0 Å². The molecule has 3 aliphatic rings. The summed E-state index contributed by atoms with van der Waals surface area (Å²) in [6.45, 7) is 4.24. The molecule has 0 saturated carbocycles. The Morgan fingerprint density at radius 2 is 0.708 bits per heavy atom. The molecular weight excluding hydrogens is 803 g/mol. The zero-order chi connectivity index (χ0) is 43.9. The van der Waals surface area contributed by atoms with Gasteiger partial charge in [-0.2, -0.15) is 0 Å². The van der Waals surface area contributed by atoms with Crippen molar-refractivity contribution in [1.82, 2.24) is 15.0 Å². The number of hydrogen-bond donors (Lipinski definition) is 0. The summed E-state index contributed by atoms with van der Waals surface area (Å²) in [4.78, 5) is 45.5. The summed E-state index contributed by atoms with van der Waals surface area (Å²) < 4.78 is 11.9. The van der Waals surface area contributed by atoms with E-state index >= 15 is 0 Å². The lowest BCUT2D eigenvalue weighted by molar-refractivity contribution is -0.145. The first-order valence-electron chi connectivity index (χ1n) is 22.7. The van der Waals surface area contributed by atoms with Crippen molar-refractivity contribution in [3.05, 3.63) is 197 Å². The van der Waals surface area contributed by atoms with Crippen molar-refractivity contribution in [3.63, 3.8) is 0 Å². The smallest absolute Gasteiger partial charge is 0.307 e. The summed E-state index contributed by atoms with van der Waals surface area (Å²) in [6.07, 6.45) is 1.04. The first-order chi connectivity index (χ1) is 31.9. The van der Waals surface area contributed by atoms with Gasteiger partial charge in [-0.1, -0.05) is 127 Å². The van der Waals surface area contributed by atoms with E-state index in [0.29, 0.717) is 12.8 Å². The van der Waals surface area contributed by atoms with E-state index in [0.717, 1.165) is 99.9 Å². The number of nitrogens with zero attached hydrogens (tertiary/aromatic N) is 3. The minimum absolute atomic E-state index is 0.0787. The van der Waals surface area contributed by atoms with Crippen LogP contribution in [0, 0.1) is 0 Å². The number of ether oxygens (including phenoxy) is 2. The molecule has 0 saturated heterocycles. The minimum Gasteiger partial charge on any atom is -0.466 e. The van der Waals surface area contributed by atoms with Gasteiger partial charge >= 0.3 is 11.9 Å². The SMILES string of the molecule is CCOC(=O)CC1(CC2(C[C@]3(CC(=O)OCC)c4ccccc4-c4nc5ccccc5cc43)c3ccccc3-c3nc4ccccc4cc32)c2ccccc2-c2nc3ccccc3cc21. The van der Waals surface area contributed by atoms with Gasteiger partial charge in [0.15, 0.2) is 0 Å². The van der Waals surface area contributed by atoms with Crippen molar-refractivity contribution in [2.45, 2.75) is 55.8 Å². The Hall–Kier alpha value is -7.51. The molecular formula is C58H45N3O4. The average Bonchev–Trinajstić information content (AvgIpc) is 3.84. The number of carbonyl (C=O) groups is 2. The third-order valence-electron chi connectivity index (χ3n) is 14.5. The molecule has 3 aliphatic carbocycles. The number of carbonyl (C=O) groups excluding carboxylic acids is 2. The van der Waals surface area contributed by atoms with Crippen LogP contribution in [0.25, 0.3) is 66.5 Å². The van der Waals surface area contributed by atoms with E-state index in [4.69, 9.17) is 24.4 Å². The van der Waals surface area contributed by atoms with Gasteiger partial charge in [0, 0.05) is 49.1 Å². The highest BCUT2D eigenvalue weighted by molar-refractivity contribution is 5.94. The molecule has 0 aliphatic heterocycles. The Morgan fingerprint density at radius 1 is 0.400 bits per heavy atom. The number of fused-ring (bicyclic) bond motifs is 12. The molecule has 3 heterocycles. The van der Waals surface area contributed by atoms with Crippen LogP contribution in [-0.4, -0.2) is 40.1 Å². The monoisotopic (exact) mass is 847 g/mol. The van der Waals surface area contributed by atoms with E-state index in [1.165, 1.54) is 0 Å². The van der Waals surface area contributed by atoms with E-state index < -0.39 is 16.2 Å². The lowest BCUT2D eigenvalue weighted by atomic mass is 9.55. The number of benzene rings is 6. The summed E-state index contributed by atoms with van der Waals surface area (Å²) in [5.41, 5.74) is 11.8. The third-order valence-corrected chi connectivity index (χ3v) is 14.5. The zero-order valence-electron chi connectivity index (χ0n) is 36.3. The van der Waals surface area contributed by atoms with Crippen LogP contribution in [0.1, 0.15) is 72.9 Å². The number of pyridine rings is 3. The van der Waals surface area contributed by atoms with Gasteiger partial charge in [-0.3, -0.25) is 9.59 Å². The Morgan fingerprint density at radius 3 is 1.08 bits per heavy atom. The zero-order valence-corrected chi connectivity index (χ0v) is 36.3. The molecule has 7 heteroatoms. The maximum atomic E-state index is 14.6. The van der Waals surface area contributed by atoms with Crippen molar-refractivity contribution in [1.29, 1.82) is 0 Å². The molecule has 0 N–H and O–H groups in total. The predicted octanol–water partition coefficient (Wildman–Crippen LogP) is 12.2. The fourth-order valence-electron chi connectivity index (χ4n) is 12.1. The van der Waals surface area contributed by atoms with Gasteiger partial charge in [-0.25, -0.2) is 15.0 Å². The predicted molar refractivity (Wildman–Crippen MR) is 256 cm³/mol. The number of rotatable bonds is 10. The second-order valence-corrected chi connectivity index (χ2v) is 17.9. The number of hydrogen-bond acceptors (Lipinski definition) is 7. The molecule has 12 rings (SSSR count). The van der Waals surface area contributed by atoms with E-state index in [1.54, 1.807) is 0 Å². The molecule has 65 heavy (non-hydrogen) atoms.